The smallest absolute Gasteiger partial charge is 0.420 e. The summed E-state index contributed by atoms with van der Waals surface area (Å²) in [4.78, 5) is 11.9. The molecule has 2 aromatic carbocycles. The molecule has 0 bridgehead atoms. The summed E-state index contributed by atoms with van der Waals surface area (Å²) < 4.78 is 12.4. The van der Waals surface area contributed by atoms with Crippen LogP contribution in [-0.4, -0.2) is 11.2 Å². The summed E-state index contributed by atoms with van der Waals surface area (Å²) in [6.45, 7) is 2.79. The van der Waals surface area contributed by atoms with Gasteiger partial charge in [-0.25, -0.2) is 4.79 Å². The number of aryl methyl sites for hydroxylation is 1. The lowest BCUT2D eigenvalue weighted by atomic mass is 10.2. The summed E-state index contributed by atoms with van der Waals surface area (Å²) in [7, 11) is 0. The van der Waals surface area contributed by atoms with Gasteiger partial charge in [-0.15, -0.1) is 0 Å². The van der Waals surface area contributed by atoms with Crippen molar-refractivity contribution >= 4 is 22.7 Å². The molecule has 0 amide bonds. The molecule has 1 aromatic heterocycles. The van der Waals surface area contributed by atoms with Gasteiger partial charge in [0.15, 0.2) is 5.58 Å². The number of para-hydroxylation sites is 1. The van der Waals surface area contributed by atoms with Crippen LogP contribution in [0.3, 0.4) is 0 Å². The Bertz CT molecular complexity index is 835. The van der Waals surface area contributed by atoms with Crippen molar-refractivity contribution in [3.05, 3.63) is 63.6 Å². The molecule has 108 valence electrons. The first-order valence-electron chi connectivity index (χ1n) is 6.62. The van der Waals surface area contributed by atoms with E-state index in [4.69, 9.17) is 20.8 Å². The Morgan fingerprint density at radius 3 is 2.86 bits per heavy atom. The van der Waals surface area contributed by atoms with Crippen molar-refractivity contribution in [1.29, 1.82) is 0 Å². The van der Waals surface area contributed by atoms with E-state index in [0.29, 0.717) is 23.8 Å². The van der Waals surface area contributed by atoms with Crippen LogP contribution in [0.2, 0.25) is 5.02 Å². The van der Waals surface area contributed by atoms with Crippen LogP contribution in [0.5, 0.6) is 5.75 Å². The number of oxazole rings is 1. The fourth-order valence-corrected chi connectivity index (χ4v) is 2.38. The number of benzene rings is 2. The Labute approximate surface area is 126 Å². The first-order valence-corrected chi connectivity index (χ1v) is 7.00. The van der Waals surface area contributed by atoms with Gasteiger partial charge in [0.2, 0.25) is 0 Å². The average molecular weight is 304 g/mol. The molecule has 0 fully saturated rings. The summed E-state index contributed by atoms with van der Waals surface area (Å²) in [6.07, 6.45) is 0. The van der Waals surface area contributed by atoms with E-state index in [2.05, 4.69) is 0 Å². The highest BCUT2D eigenvalue weighted by atomic mass is 35.5. The number of aromatic nitrogens is 1. The van der Waals surface area contributed by atoms with Gasteiger partial charge in [0.05, 0.1) is 12.1 Å². The van der Waals surface area contributed by atoms with Gasteiger partial charge in [0.25, 0.3) is 0 Å². The first-order chi connectivity index (χ1) is 10.1. The quantitative estimate of drug-likeness (QED) is 0.739. The maximum atomic E-state index is 11.9. The zero-order valence-corrected chi connectivity index (χ0v) is 12.3. The highest BCUT2D eigenvalue weighted by Gasteiger charge is 2.09. The summed E-state index contributed by atoms with van der Waals surface area (Å²) >= 11 is 5.89. The molecular formula is C16H14ClNO3. The molecule has 21 heavy (non-hydrogen) atoms. The first kappa shape index (κ1) is 13.8. The van der Waals surface area contributed by atoms with Crippen molar-refractivity contribution in [2.75, 3.05) is 6.61 Å². The minimum Gasteiger partial charge on any atom is -0.491 e. The number of hydrogen-bond donors (Lipinski definition) is 0. The van der Waals surface area contributed by atoms with Gasteiger partial charge < -0.3 is 9.15 Å². The van der Waals surface area contributed by atoms with Crippen molar-refractivity contribution in [1.82, 2.24) is 4.57 Å². The Hall–Kier alpha value is -2.20. The summed E-state index contributed by atoms with van der Waals surface area (Å²) in [5, 5.41) is 0.541. The van der Waals surface area contributed by atoms with Gasteiger partial charge in [-0.3, -0.25) is 4.57 Å². The van der Waals surface area contributed by atoms with Crippen molar-refractivity contribution in [2.24, 2.45) is 0 Å². The van der Waals surface area contributed by atoms with E-state index in [1.54, 1.807) is 22.8 Å². The molecule has 3 aromatic rings. The molecule has 0 radical (unpaired) electrons. The lowest BCUT2D eigenvalue weighted by Gasteiger charge is -2.08. The SMILES string of the molecule is Cc1ccccc1OCCn1c(=O)oc2cc(Cl)ccc21. The zero-order valence-electron chi connectivity index (χ0n) is 11.5. The molecule has 3 rings (SSSR count). The minimum absolute atomic E-state index is 0.391. The topological polar surface area (TPSA) is 44.4 Å². The molecule has 4 nitrogen and oxygen atoms in total. The molecule has 0 atom stereocenters. The number of hydrogen-bond acceptors (Lipinski definition) is 3. The fraction of sp³-hybridized carbons (Fsp3) is 0.188. The molecule has 0 aliphatic carbocycles. The third kappa shape index (κ3) is 2.81. The second-order valence-corrected chi connectivity index (χ2v) is 5.18. The van der Waals surface area contributed by atoms with Gasteiger partial charge >= 0.3 is 5.76 Å². The molecule has 0 N–H and O–H groups in total. The number of fused-ring (bicyclic) bond motifs is 1. The third-order valence-electron chi connectivity index (χ3n) is 3.30. The molecule has 0 aliphatic rings. The van der Waals surface area contributed by atoms with E-state index in [0.717, 1.165) is 16.8 Å². The van der Waals surface area contributed by atoms with Crippen LogP contribution < -0.4 is 10.5 Å². The van der Waals surface area contributed by atoms with Crippen LogP contribution in [0.4, 0.5) is 0 Å². The van der Waals surface area contributed by atoms with Crippen LogP contribution in [0.1, 0.15) is 5.56 Å². The van der Waals surface area contributed by atoms with Crippen LogP contribution in [-0.2, 0) is 6.54 Å². The fourth-order valence-electron chi connectivity index (χ4n) is 2.22. The number of rotatable bonds is 4. The van der Waals surface area contributed by atoms with Crippen LogP contribution in [0, 0.1) is 6.92 Å². The lowest BCUT2D eigenvalue weighted by molar-refractivity contribution is 0.292. The van der Waals surface area contributed by atoms with Gasteiger partial charge in [-0.05, 0) is 30.7 Å². The van der Waals surface area contributed by atoms with Crippen molar-refractivity contribution < 1.29 is 9.15 Å². The second-order valence-electron chi connectivity index (χ2n) is 4.75. The standard InChI is InChI=1S/C16H14ClNO3/c1-11-4-2-3-5-14(11)20-9-8-18-13-7-6-12(17)10-15(13)21-16(18)19/h2-7,10H,8-9H2,1H3. The number of halogens is 1. The Morgan fingerprint density at radius 2 is 2.05 bits per heavy atom. The average Bonchev–Trinajstić information content (AvgIpc) is 2.76. The van der Waals surface area contributed by atoms with E-state index in [9.17, 15) is 4.79 Å². The van der Waals surface area contributed by atoms with Gasteiger partial charge in [0.1, 0.15) is 12.4 Å². The third-order valence-corrected chi connectivity index (χ3v) is 3.53. The van der Waals surface area contributed by atoms with Crippen molar-refractivity contribution in [3.8, 4) is 5.75 Å². The molecule has 0 spiro atoms. The zero-order chi connectivity index (χ0) is 14.8. The molecule has 0 saturated carbocycles. The predicted molar refractivity (Wildman–Crippen MR) is 82.2 cm³/mol. The number of nitrogens with zero attached hydrogens (tertiary/aromatic N) is 1. The Balaban J connectivity index is 1.78. The van der Waals surface area contributed by atoms with E-state index in [1.807, 2.05) is 31.2 Å². The van der Waals surface area contributed by atoms with E-state index in [1.165, 1.54) is 0 Å². The Morgan fingerprint density at radius 1 is 1.24 bits per heavy atom. The lowest BCUT2D eigenvalue weighted by Crippen LogP contribution is -2.18. The molecule has 0 aliphatic heterocycles. The largest absolute Gasteiger partial charge is 0.491 e. The molecule has 0 saturated heterocycles. The monoisotopic (exact) mass is 303 g/mol. The second kappa shape index (κ2) is 5.66. The van der Waals surface area contributed by atoms with Crippen molar-refractivity contribution in [2.45, 2.75) is 13.5 Å². The highest BCUT2D eigenvalue weighted by molar-refractivity contribution is 6.31. The van der Waals surface area contributed by atoms with E-state index >= 15 is 0 Å². The Kier molecular flexibility index (Phi) is 3.71. The van der Waals surface area contributed by atoms with Crippen LogP contribution in [0.25, 0.3) is 11.1 Å². The predicted octanol–water partition coefficient (Wildman–Crippen LogP) is 3.64. The summed E-state index contributed by atoms with van der Waals surface area (Å²) in [6, 6.07) is 12.9. The van der Waals surface area contributed by atoms with Crippen LogP contribution >= 0.6 is 11.6 Å². The maximum absolute atomic E-state index is 11.9. The van der Waals surface area contributed by atoms with Gasteiger partial charge in [-0.2, -0.15) is 0 Å². The van der Waals surface area contributed by atoms with Crippen molar-refractivity contribution in [3.63, 3.8) is 0 Å². The molecule has 1 heterocycles. The summed E-state index contributed by atoms with van der Waals surface area (Å²) in [5.41, 5.74) is 2.27. The molecule has 5 heteroatoms. The minimum atomic E-state index is -0.402. The van der Waals surface area contributed by atoms with Gasteiger partial charge in [0, 0.05) is 11.1 Å². The normalized spacial score (nSPS) is 11.0. The number of ether oxygens (including phenoxy) is 1. The summed E-state index contributed by atoms with van der Waals surface area (Å²) in [5.74, 6) is 0.419. The van der Waals surface area contributed by atoms with E-state index in [-0.39, 0.29) is 0 Å². The van der Waals surface area contributed by atoms with Gasteiger partial charge in [-0.1, -0.05) is 29.8 Å². The highest BCUT2D eigenvalue weighted by Crippen LogP contribution is 2.19. The molecule has 0 unspecified atom stereocenters. The van der Waals surface area contributed by atoms with E-state index < -0.39 is 5.76 Å². The van der Waals surface area contributed by atoms with Crippen LogP contribution in [0.15, 0.2) is 51.7 Å². The maximum Gasteiger partial charge on any atom is 0.420 e. The molecular weight excluding hydrogens is 290 g/mol.